The molecule has 0 saturated heterocycles. The van der Waals surface area contributed by atoms with E-state index >= 15 is 0 Å². The predicted octanol–water partition coefficient (Wildman–Crippen LogP) is 4.48. The summed E-state index contributed by atoms with van der Waals surface area (Å²) in [6.45, 7) is 6.98. The molecule has 1 atom stereocenters. The van der Waals surface area contributed by atoms with Gasteiger partial charge in [0.1, 0.15) is 12.4 Å². The summed E-state index contributed by atoms with van der Waals surface area (Å²) in [6.07, 6.45) is 0. The van der Waals surface area contributed by atoms with Crippen molar-refractivity contribution in [1.82, 2.24) is 15.1 Å². The molecule has 3 aromatic rings. The van der Waals surface area contributed by atoms with Crippen molar-refractivity contribution in [2.24, 2.45) is 0 Å². The molecule has 2 amide bonds. The highest BCUT2D eigenvalue weighted by Crippen LogP contribution is 2.50. The number of benzene rings is 2. The van der Waals surface area contributed by atoms with E-state index in [4.69, 9.17) is 30.9 Å². The fourth-order valence-electron chi connectivity index (χ4n) is 4.70. The number of amides is 2. The Balaban J connectivity index is 1.72. The number of rotatable bonds is 7. The minimum Gasteiger partial charge on any atom is -0.454 e. The molecule has 3 heterocycles. The number of nitrogens with one attached hydrogen (secondary N) is 1. The van der Waals surface area contributed by atoms with Crippen molar-refractivity contribution < 1.29 is 23.8 Å². The number of thioether (sulfide) groups is 1. The summed E-state index contributed by atoms with van der Waals surface area (Å²) in [5.74, 6) is 1.57. The number of hydrogen-bond donors (Lipinski definition) is 1. The molecule has 0 fully saturated rings. The molecule has 2 aromatic carbocycles. The summed E-state index contributed by atoms with van der Waals surface area (Å²) in [7, 11) is 1.57. The van der Waals surface area contributed by atoms with E-state index in [1.54, 1.807) is 17.9 Å². The maximum Gasteiger partial charge on any atom is 0.240 e. The third-order valence-electron chi connectivity index (χ3n) is 6.51. The number of aromatic nitrogens is 2. The fraction of sp³-hybridized carbons (Fsp3) is 0.393. The molecule has 0 aliphatic carbocycles. The van der Waals surface area contributed by atoms with Gasteiger partial charge in [-0.25, -0.2) is 4.68 Å². The van der Waals surface area contributed by atoms with E-state index in [-0.39, 0.29) is 41.6 Å². The Labute approximate surface area is 236 Å². The summed E-state index contributed by atoms with van der Waals surface area (Å²) >= 11 is 8.17. The van der Waals surface area contributed by atoms with Crippen LogP contribution < -0.4 is 19.7 Å². The Hall–Kier alpha value is -3.21. The van der Waals surface area contributed by atoms with E-state index in [1.165, 1.54) is 16.7 Å². The number of methoxy groups -OCH3 is 1. The van der Waals surface area contributed by atoms with Crippen LogP contribution in [0.2, 0.25) is 5.02 Å². The van der Waals surface area contributed by atoms with Crippen LogP contribution >= 0.6 is 23.4 Å². The molecule has 1 aromatic heterocycles. The average molecular weight is 571 g/mol. The van der Waals surface area contributed by atoms with Crippen molar-refractivity contribution in [3.63, 3.8) is 0 Å². The normalized spacial score (nSPS) is 16.7. The number of anilines is 1. The van der Waals surface area contributed by atoms with Crippen LogP contribution in [-0.4, -0.2) is 60.9 Å². The molecule has 9 nitrogen and oxygen atoms in total. The van der Waals surface area contributed by atoms with E-state index in [1.807, 2.05) is 36.4 Å². The number of carbonyl (C=O) groups excluding carboxylic acids is 2. The Morgan fingerprint density at radius 2 is 1.97 bits per heavy atom. The summed E-state index contributed by atoms with van der Waals surface area (Å²) < 4.78 is 18.0. The zero-order valence-electron chi connectivity index (χ0n) is 22.3. The molecule has 206 valence electrons. The zero-order valence-corrected chi connectivity index (χ0v) is 23.9. The summed E-state index contributed by atoms with van der Waals surface area (Å²) in [6, 6.07) is 13.2. The third-order valence-corrected chi connectivity index (χ3v) is 8.08. The van der Waals surface area contributed by atoms with E-state index in [2.05, 4.69) is 26.1 Å². The molecule has 1 N–H and O–H groups in total. The maximum atomic E-state index is 13.7. The first-order valence-electron chi connectivity index (χ1n) is 12.6. The second-order valence-corrected chi connectivity index (χ2v) is 11.8. The summed E-state index contributed by atoms with van der Waals surface area (Å²) in [5, 5.41) is 8.12. The number of hydrogen-bond acceptors (Lipinski definition) is 7. The van der Waals surface area contributed by atoms with Crippen LogP contribution in [-0.2, 0) is 19.7 Å². The molecule has 2 aliphatic heterocycles. The second-order valence-electron chi connectivity index (χ2n) is 10.3. The van der Waals surface area contributed by atoms with Crippen molar-refractivity contribution in [3.05, 3.63) is 64.3 Å². The topological polar surface area (TPSA) is 94.9 Å². The van der Waals surface area contributed by atoms with Crippen LogP contribution in [0, 0.1) is 0 Å². The molecular weight excluding hydrogens is 540 g/mol. The molecule has 0 radical (unpaired) electrons. The van der Waals surface area contributed by atoms with Crippen molar-refractivity contribution in [1.29, 1.82) is 0 Å². The van der Waals surface area contributed by atoms with Crippen LogP contribution in [0.1, 0.15) is 42.8 Å². The lowest BCUT2D eigenvalue weighted by Crippen LogP contribution is -2.43. The molecule has 0 unspecified atom stereocenters. The predicted molar refractivity (Wildman–Crippen MR) is 151 cm³/mol. The number of carbonyl (C=O) groups is 2. The van der Waals surface area contributed by atoms with Crippen molar-refractivity contribution in [3.8, 4) is 17.2 Å². The van der Waals surface area contributed by atoms with E-state index in [9.17, 15) is 9.59 Å². The number of ether oxygens (including phenoxy) is 3. The Morgan fingerprint density at radius 3 is 2.72 bits per heavy atom. The van der Waals surface area contributed by atoms with E-state index < -0.39 is 0 Å². The lowest BCUT2D eigenvalue weighted by atomic mass is 9.87. The van der Waals surface area contributed by atoms with Crippen molar-refractivity contribution in [2.45, 2.75) is 31.4 Å². The van der Waals surface area contributed by atoms with Gasteiger partial charge in [0.05, 0.1) is 34.0 Å². The van der Waals surface area contributed by atoms with Crippen LogP contribution in [0.4, 0.5) is 5.82 Å². The summed E-state index contributed by atoms with van der Waals surface area (Å²) in [5.41, 5.74) is 2.87. The van der Waals surface area contributed by atoms with Crippen LogP contribution in [0.15, 0.2) is 42.5 Å². The smallest absolute Gasteiger partial charge is 0.240 e. The monoisotopic (exact) mass is 570 g/mol. The summed E-state index contributed by atoms with van der Waals surface area (Å²) in [4.78, 5) is 28.2. The molecule has 39 heavy (non-hydrogen) atoms. The van der Waals surface area contributed by atoms with Gasteiger partial charge in [-0.2, -0.15) is 5.10 Å². The number of halogens is 1. The number of nitrogens with zero attached hydrogens (tertiary/aromatic N) is 3. The highest BCUT2D eigenvalue weighted by molar-refractivity contribution is 8.00. The maximum absolute atomic E-state index is 13.7. The number of fused-ring (bicyclic) bond motifs is 2. The van der Waals surface area contributed by atoms with Gasteiger partial charge in [-0.1, -0.05) is 50.6 Å². The quantitative estimate of drug-likeness (QED) is 0.418. The van der Waals surface area contributed by atoms with Gasteiger partial charge in [-0.05, 0) is 29.8 Å². The van der Waals surface area contributed by atoms with Gasteiger partial charge in [0.25, 0.3) is 0 Å². The van der Waals surface area contributed by atoms with Gasteiger partial charge in [0.2, 0.25) is 18.6 Å². The van der Waals surface area contributed by atoms with E-state index in [0.717, 1.165) is 16.8 Å². The van der Waals surface area contributed by atoms with Gasteiger partial charge in [0.15, 0.2) is 11.5 Å². The first-order chi connectivity index (χ1) is 18.7. The first kappa shape index (κ1) is 27.4. The van der Waals surface area contributed by atoms with Gasteiger partial charge in [-0.15, -0.1) is 11.8 Å². The zero-order chi connectivity index (χ0) is 27.7. The minimum absolute atomic E-state index is 0.163. The molecule has 5 rings (SSSR count). The number of para-hydroxylation sites is 1. The van der Waals surface area contributed by atoms with E-state index in [0.29, 0.717) is 41.2 Å². The molecule has 0 spiro atoms. The highest BCUT2D eigenvalue weighted by Gasteiger charge is 2.40. The van der Waals surface area contributed by atoms with Crippen molar-refractivity contribution in [2.75, 3.05) is 44.3 Å². The molecule has 2 aliphatic rings. The molecule has 0 bridgehead atoms. The molecular formula is C28H31ClN4O5S. The van der Waals surface area contributed by atoms with Gasteiger partial charge in [0, 0.05) is 24.6 Å². The van der Waals surface area contributed by atoms with Crippen LogP contribution in [0.25, 0.3) is 5.69 Å². The Bertz CT molecular complexity index is 1400. The Kier molecular flexibility index (Phi) is 7.80. The standard InChI is InChI=1S/C28H31ClN4O5S/c1-28(2,3)26-24-25(17-9-10-20-21(13-17)38-16-37-20)39-15-23(35)32(14-22(34)30-11-12-36-4)27(24)33(31-26)19-8-6-5-7-18(19)29/h5-10,13,25H,11-12,14-16H2,1-4H3,(H,30,34)/t25-/m0/s1. The lowest BCUT2D eigenvalue weighted by Gasteiger charge is -2.24. The van der Waals surface area contributed by atoms with Crippen LogP contribution in [0.3, 0.4) is 0 Å². The van der Waals surface area contributed by atoms with Gasteiger partial charge >= 0.3 is 0 Å². The first-order valence-corrected chi connectivity index (χ1v) is 14.1. The Morgan fingerprint density at radius 1 is 1.21 bits per heavy atom. The van der Waals surface area contributed by atoms with Crippen LogP contribution in [0.5, 0.6) is 11.5 Å². The highest BCUT2D eigenvalue weighted by atomic mass is 35.5. The third kappa shape index (κ3) is 5.46. The van der Waals surface area contributed by atoms with Crippen molar-refractivity contribution >= 4 is 41.0 Å². The fourth-order valence-corrected chi connectivity index (χ4v) is 6.10. The second kappa shape index (κ2) is 11.1. The largest absolute Gasteiger partial charge is 0.454 e. The minimum atomic E-state index is -0.383. The SMILES string of the molecule is COCCNC(=O)CN1C(=O)CS[C@@H](c2ccc3c(c2)OCO3)c2c(C(C)(C)C)nn(-c3ccccc3Cl)c21. The molecule has 11 heteroatoms. The molecule has 0 saturated carbocycles. The van der Waals surface area contributed by atoms with Gasteiger partial charge in [-0.3, -0.25) is 14.5 Å². The lowest BCUT2D eigenvalue weighted by molar-refractivity contribution is -0.123. The average Bonchev–Trinajstić information content (AvgIpc) is 3.49. The van der Waals surface area contributed by atoms with Gasteiger partial charge < -0.3 is 19.5 Å².